The molecule has 6 nitrogen and oxygen atoms in total. The van der Waals surface area contributed by atoms with Gasteiger partial charge in [0, 0.05) is 25.7 Å². The number of imidazole rings is 1. The van der Waals surface area contributed by atoms with E-state index in [0.29, 0.717) is 19.6 Å². The van der Waals surface area contributed by atoms with Gasteiger partial charge in [-0.25, -0.2) is 13.4 Å². The van der Waals surface area contributed by atoms with Crippen LogP contribution in [0.25, 0.3) is 0 Å². The lowest BCUT2D eigenvalue weighted by Gasteiger charge is -2.32. The Labute approximate surface area is 88.7 Å². The van der Waals surface area contributed by atoms with Gasteiger partial charge >= 0.3 is 0 Å². The van der Waals surface area contributed by atoms with Crippen molar-refractivity contribution in [1.82, 2.24) is 19.6 Å². The third kappa shape index (κ3) is 1.90. The van der Waals surface area contributed by atoms with Crippen molar-refractivity contribution in [3.63, 3.8) is 0 Å². The topological polar surface area (TPSA) is 78.1 Å². The minimum Gasteiger partial charge on any atom is -0.335 e. The Hall–Kier alpha value is -0.920. The van der Waals surface area contributed by atoms with E-state index in [-0.39, 0.29) is 11.1 Å². The lowest BCUT2D eigenvalue weighted by molar-refractivity contribution is 0.283. The van der Waals surface area contributed by atoms with E-state index in [1.165, 1.54) is 16.8 Å². The second-order valence-electron chi connectivity index (χ2n) is 3.58. The van der Waals surface area contributed by atoms with Gasteiger partial charge in [0.05, 0.1) is 12.5 Å². The fraction of sp³-hybridized carbons (Fsp3) is 0.625. The van der Waals surface area contributed by atoms with E-state index in [0.717, 1.165) is 0 Å². The third-order valence-corrected chi connectivity index (χ3v) is 4.44. The summed E-state index contributed by atoms with van der Waals surface area (Å²) in [7, 11) is -3.39. The highest BCUT2D eigenvalue weighted by Gasteiger charge is 2.31. The van der Waals surface area contributed by atoms with Crippen LogP contribution in [0.15, 0.2) is 17.6 Å². The minimum atomic E-state index is -3.39. The van der Waals surface area contributed by atoms with Gasteiger partial charge < -0.3 is 10.3 Å². The second-order valence-corrected chi connectivity index (χ2v) is 5.44. The van der Waals surface area contributed by atoms with Gasteiger partial charge in [-0.15, -0.1) is 0 Å². The maximum atomic E-state index is 12.1. The molecular formula is C8H14N4O2S. The quantitative estimate of drug-likeness (QED) is 0.710. The molecule has 2 heterocycles. The van der Waals surface area contributed by atoms with Crippen molar-refractivity contribution < 1.29 is 8.42 Å². The fourth-order valence-corrected chi connectivity index (χ4v) is 3.22. The molecule has 1 aromatic heterocycles. The minimum absolute atomic E-state index is 0.0213. The van der Waals surface area contributed by atoms with Gasteiger partial charge in [0.1, 0.15) is 0 Å². The van der Waals surface area contributed by atoms with E-state index >= 15 is 0 Å². The number of hydrogen-bond donors (Lipinski definition) is 2. The van der Waals surface area contributed by atoms with Gasteiger partial charge in [-0.2, -0.15) is 4.31 Å². The van der Waals surface area contributed by atoms with Crippen LogP contribution in [0.5, 0.6) is 0 Å². The standard InChI is InChI=1S/C8H14N4O2S/c1-7-4-9-2-3-12(7)15(13,14)8-5-10-6-11-8/h5-7,9H,2-4H2,1H3,(H,10,11)/t7-/m0/s1. The molecule has 15 heavy (non-hydrogen) atoms. The van der Waals surface area contributed by atoms with E-state index in [9.17, 15) is 8.42 Å². The summed E-state index contributed by atoms with van der Waals surface area (Å²) in [6.07, 6.45) is 2.71. The molecule has 1 atom stereocenters. The summed E-state index contributed by atoms with van der Waals surface area (Å²) < 4.78 is 25.7. The number of aromatic nitrogens is 2. The van der Waals surface area contributed by atoms with Crippen molar-refractivity contribution in [1.29, 1.82) is 0 Å². The Balaban J connectivity index is 2.29. The average Bonchev–Trinajstić information content (AvgIpc) is 2.71. The van der Waals surface area contributed by atoms with E-state index in [1.54, 1.807) is 0 Å². The molecule has 84 valence electrons. The van der Waals surface area contributed by atoms with Crippen LogP contribution in [0.3, 0.4) is 0 Å². The van der Waals surface area contributed by atoms with Gasteiger partial charge in [0.25, 0.3) is 10.0 Å². The van der Waals surface area contributed by atoms with Gasteiger partial charge in [-0.05, 0) is 6.92 Å². The Morgan fingerprint density at radius 2 is 2.40 bits per heavy atom. The van der Waals surface area contributed by atoms with Crippen molar-refractivity contribution in [2.45, 2.75) is 18.0 Å². The highest BCUT2D eigenvalue weighted by molar-refractivity contribution is 7.89. The molecule has 0 unspecified atom stereocenters. The van der Waals surface area contributed by atoms with Crippen LogP contribution in [-0.2, 0) is 10.0 Å². The molecule has 0 radical (unpaired) electrons. The van der Waals surface area contributed by atoms with Gasteiger partial charge in [-0.3, -0.25) is 0 Å². The molecule has 1 fully saturated rings. The number of aromatic amines is 1. The summed E-state index contributed by atoms with van der Waals surface area (Å²) in [5.41, 5.74) is 0. The molecular weight excluding hydrogens is 216 g/mol. The smallest absolute Gasteiger partial charge is 0.260 e. The maximum Gasteiger partial charge on any atom is 0.260 e. The largest absolute Gasteiger partial charge is 0.335 e. The summed E-state index contributed by atoms with van der Waals surface area (Å²) in [5, 5.41) is 3.31. The summed E-state index contributed by atoms with van der Waals surface area (Å²) in [6, 6.07) is -0.0213. The average molecular weight is 230 g/mol. The molecule has 2 N–H and O–H groups in total. The first-order valence-electron chi connectivity index (χ1n) is 4.83. The third-order valence-electron chi connectivity index (χ3n) is 2.50. The molecule has 0 aromatic carbocycles. The highest BCUT2D eigenvalue weighted by atomic mass is 32.2. The van der Waals surface area contributed by atoms with Crippen LogP contribution in [0.4, 0.5) is 0 Å². The Morgan fingerprint density at radius 3 is 3.00 bits per heavy atom. The molecule has 0 bridgehead atoms. The zero-order valence-corrected chi connectivity index (χ0v) is 9.29. The zero-order valence-electron chi connectivity index (χ0n) is 8.47. The molecule has 0 aliphatic carbocycles. The Morgan fingerprint density at radius 1 is 1.60 bits per heavy atom. The summed E-state index contributed by atoms with van der Waals surface area (Å²) in [5.74, 6) is 0. The number of nitrogens with one attached hydrogen (secondary N) is 2. The van der Waals surface area contributed by atoms with Crippen molar-refractivity contribution in [3.8, 4) is 0 Å². The van der Waals surface area contributed by atoms with E-state index in [4.69, 9.17) is 0 Å². The molecule has 7 heteroatoms. The van der Waals surface area contributed by atoms with Gasteiger partial charge in [-0.1, -0.05) is 0 Å². The molecule has 0 amide bonds. The van der Waals surface area contributed by atoms with Crippen LogP contribution < -0.4 is 5.32 Å². The van der Waals surface area contributed by atoms with Crippen LogP contribution in [0.2, 0.25) is 0 Å². The summed E-state index contributed by atoms with van der Waals surface area (Å²) in [6.45, 7) is 3.77. The SMILES string of the molecule is C[C@H]1CNCCN1S(=O)(=O)c1cnc[nH]1. The normalized spacial score (nSPS) is 24.2. The van der Waals surface area contributed by atoms with Crippen LogP contribution in [-0.4, -0.2) is 48.4 Å². The van der Waals surface area contributed by atoms with E-state index in [2.05, 4.69) is 15.3 Å². The molecule has 0 spiro atoms. The Bertz CT molecular complexity index is 414. The molecule has 1 aromatic rings. The summed E-state index contributed by atoms with van der Waals surface area (Å²) in [4.78, 5) is 6.37. The lowest BCUT2D eigenvalue weighted by Crippen LogP contribution is -2.52. The first-order valence-corrected chi connectivity index (χ1v) is 6.27. The van der Waals surface area contributed by atoms with E-state index in [1.807, 2.05) is 6.92 Å². The number of hydrogen-bond acceptors (Lipinski definition) is 4. The van der Waals surface area contributed by atoms with Crippen LogP contribution in [0, 0.1) is 0 Å². The number of sulfonamides is 1. The number of H-pyrrole nitrogens is 1. The molecule has 1 saturated heterocycles. The predicted octanol–water partition coefficient (Wildman–Crippen LogP) is -0.608. The van der Waals surface area contributed by atoms with Crippen molar-refractivity contribution in [2.24, 2.45) is 0 Å². The molecule has 2 rings (SSSR count). The number of piperazine rings is 1. The first-order chi connectivity index (χ1) is 7.12. The monoisotopic (exact) mass is 230 g/mol. The lowest BCUT2D eigenvalue weighted by atomic mass is 10.3. The van der Waals surface area contributed by atoms with Crippen LogP contribution in [0.1, 0.15) is 6.92 Å². The van der Waals surface area contributed by atoms with Crippen LogP contribution >= 0.6 is 0 Å². The zero-order chi connectivity index (χ0) is 10.9. The summed E-state index contributed by atoms with van der Waals surface area (Å²) >= 11 is 0. The fourth-order valence-electron chi connectivity index (χ4n) is 1.69. The molecule has 1 aliphatic rings. The van der Waals surface area contributed by atoms with Crippen molar-refractivity contribution in [2.75, 3.05) is 19.6 Å². The predicted molar refractivity (Wildman–Crippen MR) is 54.8 cm³/mol. The number of rotatable bonds is 2. The first kappa shape index (κ1) is 10.6. The molecule has 0 saturated carbocycles. The van der Waals surface area contributed by atoms with Crippen molar-refractivity contribution >= 4 is 10.0 Å². The van der Waals surface area contributed by atoms with Gasteiger partial charge in [0.15, 0.2) is 5.03 Å². The molecule has 1 aliphatic heterocycles. The second kappa shape index (κ2) is 3.92. The Kier molecular flexibility index (Phi) is 2.76. The number of nitrogens with zero attached hydrogens (tertiary/aromatic N) is 2. The maximum absolute atomic E-state index is 12.1. The van der Waals surface area contributed by atoms with Gasteiger partial charge in [0.2, 0.25) is 0 Å². The van der Waals surface area contributed by atoms with Crippen molar-refractivity contribution in [3.05, 3.63) is 12.5 Å². The van der Waals surface area contributed by atoms with E-state index < -0.39 is 10.0 Å². The highest BCUT2D eigenvalue weighted by Crippen LogP contribution is 2.16.